The van der Waals surface area contributed by atoms with Gasteiger partial charge in [0.05, 0.1) is 46.8 Å². The van der Waals surface area contributed by atoms with E-state index >= 15 is 8.78 Å². The number of anilines is 3. The van der Waals surface area contributed by atoms with Gasteiger partial charge in [-0.2, -0.15) is 43.9 Å². The van der Waals surface area contributed by atoms with Crippen molar-refractivity contribution in [3.8, 4) is 0 Å². The van der Waals surface area contributed by atoms with E-state index in [4.69, 9.17) is 0 Å². The summed E-state index contributed by atoms with van der Waals surface area (Å²) in [6.45, 7) is -1.25. The third-order valence-corrected chi connectivity index (χ3v) is 9.24. The van der Waals surface area contributed by atoms with E-state index in [1.807, 2.05) is 0 Å². The fourth-order valence-electron chi connectivity index (χ4n) is 5.59. The van der Waals surface area contributed by atoms with E-state index in [1.165, 1.54) is 48.5 Å². The number of halogens is 13. The van der Waals surface area contributed by atoms with Gasteiger partial charge in [-0.1, -0.05) is 72.8 Å². The second-order valence-electron chi connectivity index (χ2n) is 12.6. The zero-order chi connectivity index (χ0) is 44.4. The van der Waals surface area contributed by atoms with E-state index in [0.29, 0.717) is 12.1 Å². The first-order chi connectivity index (χ1) is 28.0. The van der Waals surface area contributed by atoms with Crippen LogP contribution >= 0.6 is 15.9 Å². The quantitative estimate of drug-likeness (QED) is 0.0694. The average Bonchev–Trinajstić information content (AvgIpc) is 3.19. The normalized spacial score (nSPS) is 12.2. The second kappa shape index (κ2) is 17.2. The molecule has 5 aromatic rings. The molecule has 2 amide bonds. The zero-order valence-electron chi connectivity index (χ0n) is 29.8. The maximum Gasteiger partial charge on any atom is 0.460 e. The molecule has 5 rings (SSSR count). The summed E-state index contributed by atoms with van der Waals surface area (Å²) >= 11 is 2.38. The van der Waals surface area contributed by atoms with E-state index in [0.717, 1.165) is 24.3 Å². The average molecular weight is 919 g/mol. The Morgan fingerprint density at radius 1 is 0.567 bits per heavy atom. The van der Waals surface area contributed by atoms with Crippen LogP contribution in [0.2, 0.25) is 0 Å². The number of Topliss-reactive ketones (excluding diaryl/α,β-unsaturated/α-hetero) is 2. The molecule has 0 saturated carbocycles. The lowest BCUT2D eigenvalue weighted by Gasteiger charge is -2.31. The number of benzene rings is 5. The highest BCUT2D eigenvalue weighted by molar-refractivity contribution is 9.10. The summed E-state index contributed by atoms with van der Waals surface area (Å²) in [6, 6.07) is 18.7. The molecule has 60 heavy (non-hydrogen) atoms. The van der Waals surface area contributed by atoms with Gasteiger partial charge in [0.1, 0.15) is 0 Å². The minimum absolute atomic E-state index is 0.157. The molecule has 5 aromatic carbocycles. The summed E-state index contributed by atoms with van der Waals surface area (Å²) in [5.41, 5.74) is -10.5. The molecule has 0 heterocycles. The molecule has 0 aliphatic heterocycles. The fourth-order valence-corrected chi connectivity index (χ4v) is 6.23. The van der Waals surface area contributed by atoms with Gasteiger partial charge in [0, 0.05) is 21.2 Å². The third-order valence-electron chi connectivity index (χ3n) is 8.64. The van der Waals surface area contributed by atoms with Crippen molar-refractivity contribution in [3.63, 3.8) is 0 Å². The monoisotopic (exact) mass is 917 g/mol. The van der Waals surface area contributed by atoms with Gasteiger partial charge in [0.2, 0.25) is 0 Å². The highest BCUT2D eigenvalue weighted by Gasteiger charge is 2.73. The first-order valence-corrected chi connectivity index (χ1v) is 17.6. The second-order valence-corrected chi connectivity index (χ2v) is 13.4. The van der Waals surface area contributed by atoms with Crippen LogP contribution < -0.4 is 15.5 Å². The number of ketones is 2. The van der Waals surface area contributed by atoms with Crippen molar-refractivity contribution in [2.45, 2.75) is 24.2 Å². The molecule has 0 bridgehead atoms. The van der Waals surface area contributed by atoms with Gasteiger partial charge in [0.15, 0.2) is 23.2 Å². The van der Waals surface area contributed by atoms with E-state index < -0.39 is 127 Å². The van der Waals surface area contributed by atoms with Crippen LogP contribution in [0.15, 0.2) is 114 Å². The molecular weight excluding hydrogens is 894 g/mol. The van der Waals surface area contributed by atoms with Gasteiger partial charge < -0.3 is 10.6 Å². The Morgan fingerprint density at radius 2 is 0.983 bits per heavy atom. The van der Waals surface area contributed by atoms with Gasteiger partial charge in [-0.25, -0.2) is 13.7 Å². The summed E-state index contributed by atoms with van der Waals surface area (Å²) in [5, 5.41) is 4.77. The van der Waals surface area contributed by atoms with Crippen molar-refractivity contribution >= 4 is 56.4 Å². The molecular formula is C40H24BrF12N3O4. The number of imide groups is 1. The number of carbonyl (C=O) groups excluding carboxylic acids is 4. The Hall–Kier alpha value is -6.18. The van der Waals surface area contributed by atoms with Crippen LogP contribution in [0.25, 0.3) is 0 Å². The SMILES string of the molecule is O=C(CNc1cccc(C(=O)N(C(=O)c2cccc(NCC(=O)c3ccccc3)c2F)c2c(Br)cc(C(F)(F)C(F)(F)C(F)(F)F)cc2C(F)(F)F)c1F)c1ccccc1. The standard InChI is InChI=1S/C40H24BrF12N3O4/c41-27-18-23(37(44,45)39(49,50)40(51,52)53)17-26(38(46,47)48)34(27)56(35(59)24-13-7-15-28(32(24)42)54-19-30(57)21-9-3-1-4-10-21)36(60)25-14-8-16-29(33(25)43)55-20-31(58)22-11-5-2-6-12-22/h1-18,54-55H,19-20H2. The first-order valence-electron chi connectivity index (χ1n) is 16.8. The molecule has 314 valence electrons. The summed E-state index contributed by atoms with van der Waals surface area (Å²) in [6.07, 6.45) is -13.1. The van der Waals surface area contributed by atoms with Crippen LogP contribution in [0.5, 0.6) is 0 Å². The first kappa shape index (κ1) is 44.9. The number of hydrogen-bond donors (Lipinski definition) is 2. The lowest BCUT2D eigenvalue weighted by molar-refractivity contribution is -0.359. The van der Waals surface area contributed by atoms with Crippen LogP contribution in [-0.4, -0.2) is 48.6 Å². The van der Waals surface area contributed by atoms with Crippen molar-refractivity contribution in [1.82, 2.24) is 0 Å². The molecule has 0 radical (unpaired) electrons. The van der Waals surface area contributed by atoms with Crippen LogP contribution in [0.3, 0.4) is 0 Å². The molecule has 0 fully saturated rings. The number of carbonyl (C=O) groups is 4. The molecule has 0 aromatic heterocycles. The Bertz CT molecular complexity index is 2330. The van der Waals surface area contributed by atoms with Crippen LogP contribution in [0.1, 0.15) is 52.6 Å². The number of amides is 2. The van der Waals surface area contributed by atoms with E-state index in [9.17, 15) is 63.1 Å². The molecule has 0 unspecified atom stereocenters. The van der Waals surface area contributed by atoms with Crippen molar-refractivity contribution < 1.29 is 71.9 Å². The van der Waals surface area contributed by atoms with Crippen LogP contribution in [-0.2, 0) is 12.1 Å². The lowest BCUT2D eigenvalue weighted by atomic mass is 9.97. The summed E-state index contributed by atoms with van der Waals surface area (Å²) in [7, 11) is 0. The van der Waals surface area contributed by atoms with Gasteiger partial charge in [-0.05, 0) is 52.3 Å². The maximum atomic E-state index is 16.1. The summed E-state index contributed by atoms with van der Waals surface area (Å²) < 4.78 is 172. The van der Waals surface area contributed by atoms with Crippen LogP contribution in [0.4, 0.5) is 69.7 Å². The molecule has 20 heteroatoms. The fraction of sp³-hybridized carbons (Fsp3) is 0.150. The Balaban J connectivity index is 1.67. The Labute approximate surface area is 339 Å². The number of hydrogen-bond acceptors (Lipinski definition) is 6. The molecule has 2 N–H and O–H groups in total. The van der Waals surface area contributed by atoms with Gasteiger partial charge >= 0.3 is 24.2 Å². The predicted octanol–water partition coefficient (Wildman–Crippen LogP) is 11.1. The highest BCUT2D eigenvalue weighted by Crippen LogP contribution is 2.54. The number of alkyl halides is 10. The lowest BCUT2D eigenvalue weighted by Crippen LogP contribution is -2.50. The van der Waals surface area contributed by atoms with Crippen molar-refractivity contribution in [2.24, 2.45) is 0 Å². The minimum atomic E-state index is -7.00. The molecule has 0 spiro atoms. The van der Waals surface area contributed by atoms with E-state index in [-0.39, 0.29) is 17.2 Å². The molecule has 0 aliphatic carbocycles. The molecule has 0 atom stereocenters. The largest absolute Gasteiger partial charge is 0.460 e. The maximum absolute atomic E-state index is 16.1. The number of rotatable bonds is 13. The van der Waals surface area contributed by atoms with Gasteiger partial charge in [-0.15, -0.1) is 0 Å². The molecule has 0 aliphatic rings. The molecule has 0 saturated heterocycles. The highest BCUT2D eigenvalue weighted by atomic mass is 79.9. The predicted molar refractivity (Wildman–Crippen MR) is 197 cm³/mol. The Morgan fingerprint density at radius 3 is 1.37 bits per heavy atom. The van der Waals surface area contributed by atoms with E-state index in [2.05, 4.69) is 26.6 Å². The van der Waals surface area contributed by atoms with Gasteiger partial charge in [0.25, 0.3) is 11.8 Å². The smallest absolute Gasteiger partial charge is 0.375 e. The van der Waals surface area contributed by atoms with E-state index in [1.54, 1.807) is 12.1 Å². The van der Waals surface area contributed by atoms with Crippen LogP contribution in [0, 0.1) is 11.6 Å². The Kier molecular flexibility index (Phi) is 12.9. The summed E-state index contributed by atoms with van der Waals surface area (Å²) in [4.78, 5) is 53.2. The van der Waals surface area contributed by atoms with Crippen molar-refractivity contribution in [2.75, 3.05) is 28.6 Å². The molecule has 7 nitrogen and oxygen atoms in total. The summed E-state index contributed by atoms with van der Waals surface area (Å²) in [5.74, 6) is -22.0. The number of nitrogens with zero attached hydrogens (tertiary/aromatic N) is 1. The van der Waals surface area contributed by atoms with Crippen molar-refractivity contribution in [3.05, 3.63) is 159 Å². The third kappa shape index (κ3) is 9.02. The zero-order valence-corrected chi connectivity index (χ0v) is 31.4. The van der Waals surface area contributed by atoms with Crippen molar-refractivity contribution in [1.29, 1.82) is 0 Å². The topological polar surface area (TPSA) is 95.6 Å². The van der Waals surface area contributed by atoms with Gasteiger partial charge in [-0.3, -0.25) is 19.2 Å². The number of nitrogens with one attached hydrogen (secondary N) is 2. The minimum Gasteiger partial charge on any atom is -0.375 e.